The Labute approximate surface area is 147 Å². The summed E-state index contributed by atoms with van der Waals surface area (Å²) in [6.07, 6.45) is -1.25. The Morgan fingerprint density at radius 3 is 2.83 bits per heavy atom. The van der Waals surface area contributed by atoms with Crippen LogP contribution in [0.15, 0.2) is 28.7 Å². The molecule has 8 heteroatoms. The second-order valence-corrected chi connectivity index (χ2v) is 7.33. The largest absolute Gasteiger partial charge is 0.460 e. The second kappa shape index (κ2) is 5.76. The smallest absolute Gasteiger partial charge is 0.417 e. The quantitative estimate of drug-likeness (QED) is 0.771. The van der Waals surface area contributed by atoms with Gasteiger partial charge in [0.2, 0.25) is 0 Å². The highest BCUT2D eigenvalue weighted by Gasteiger charge is 2.50. The maximum atomic E-state index is 12.9. The molecule has 0 unspecified atom stereocenters. The van der Waals surface area contributed by atoms with Gasteiger partial charge in [-0.1, -0.05) is 28.1 Å². The molecule has 0 aliphatic carbocycles. The first-order valence-corrected chi connectivity index (χ1v) is 8.23. The number of halogens is 1. The molecule has 2 aliphatic heterocycles. The average Bonchev–Trinajstić information content (AvgIpc) is 2.99. The zero-order valence-corrected chi connectivity index (χ0v) is 14.9. The summed E-state index contributed by atoms with van der Waals surface area (Å²) < 4.78 is 11.5. The third-order valence-corrected chi connectivity index (χ3v) is 4.52. The predicted octanol–water partition coefficient (Wildman–Crippen LogP) is 2.52. The molecular weight excluding hydrogens is 384 g/mol. The van der Waals surface area contributed by atoms with Gasteiger partial charge in [0.05, 0.1) is 5.54 Å². The SMILES string of the molecule is CC1(C)COC(=O)N1C(=O)[C@@H]1NC(=S)O[C@H]1c1cccc(Br)c1. The van der Waals surface area contributed by atoms with Gasteiger partial charge in [0.15, 0.2) is 12.1 Å². The molecule has 0 bridgehead atoms. The molecule has 0 spiro atoms. The van der Waals surface area contributed by atoms with E-state index in [0.29, 0.717) is 0 Å². The lowest BCUT2D eigenvalue weighted by atomic mass is 9.99. The number of benzene rings is 1. The molecule has 2 heterocycles. The molecular formula is C15H15BrN2O4S. The van der Waals surface area contributed by atoms with Crippen LogP contribution < -0.4 is 5.32 Å². The van der Waals surface area contributed by atoms with E-state index in [1.165, 1.54) is 0 Å². The molecule has 23 heavy (non-hydrogen) atoms. The van der Waals surface area contributed by atoms with E-state index in [0.717, 1.165) is 14.9 Å². The normalized spacial score (nSPS) is 25.8. The highest BCUT2D eigenvalue weighted by molar-refractivity contribution is 9.10. The van der Waals surface area contributed by atoms with Crippen LogP contribution in [0, 0.1) is 0 Å². The van der Waals surface area contributed by atoms with Gasteiger partial charge in [0.1, 0.15) is 6.61 Å². The summed E-state index contributed by atoms with van der Waals surface area (Å²) in [5, 5.41) is 2.99. The standard InChI is InChI=1S/C15H15BrN2O4S/c1-15(2)7-21-14(20)18(15)12(19)10-11(22-13(23)17-10)8-4-3-5-9(16)6-8/h3-6,10-11H,7H2,1-2H3,(H,17,23)/t10-,11+/m1/s1. The van der Waals surface area contributed by atoms with E-state index in [1.807, 2.05) is 24.3 Å². The number of carbonyl (C=O) groups excluding carboxylic acids is 2. The zero-order valence-electron chi connectivity index (χ0n) is 12.5. The molecule has 0 radical (unpaired) electrons. The minimum absolute atomic E-state index is 0.138. The lowest BCUT2D eigenvalue weighted by Gasteiger charge is -2.29. The molecule has 2 aliphatic rings. The molecule has 2 saturated heterocycles. The molecule has 2 amide bonds. The van der Waals surface area contributed by atoms with Crippen molar-refractivity contribution < 1.29 is 19.1 Å². The molecule has 6 nitrogen and oxygen atoms in total. The summed E-state index contributed by atoms with van der Waals surface area (Å²) in [6.45, 7) is 3.72. The number of hydrogen-bond donors (Lipinski definition) is 1. The van der Waals surface area contributed by atoms with E-state index in [2.05, 4.69) is 21.2 Å². The highest BCUT2D eigenvalue weighted by atomic mass is 79.9. The first kappa shape index (κ1) is 16.2. The van der Waals surface area contributed by atoms with Crippen molar-refractivity contribution in [2.45, 2.75) is 31.5 Å². The van der Waals surface area contributed by atoms with Crippen LogP contribution in [0.4, 0.5) is 4.79 Å². The molecule has 2 atom stereocenters. The number of nitrogens with zero attached hydrogens (tertiary/aromatic N) is 1. The Morgan fingerprint density at radius 1 is 1.48 bits per heavy atom. The van der Waals surface area contributed by atoms with Gasteiger partial charge < -0.3 is 14.8 Å². The average molecular weight is 399 g/mol. The Kier molecular flexibility index (Phi) is 4.05. The number of rotatable bonds is 2. The van der Waals surface area contributed by atoms with E-state index in [-0.39, 0.29) is 11.8 Å². The topological polar surface area (TPSA) is 67.9 Å². The molecule has 1 aromatic carbocycles. The van der Waals surface area contributed by atoms with Gasteiger partial charge in [-0.15, -0.1) is 0 Å². The molecule has 1 aromatic rings. The van der Waals surface area contributed by atoms with Crippen LogP contribution in [0.2, 0.25) is 0 Å². The molecule has 122 valence electrons. The fraction of sp³-hybridized carbons (Fsp3) is 0.400. The van der Waals surface area contributed by atoms with Crippen molar-refractivity contribution >= 4 is 45.3 Å². The lowest BCUT2D eigenvalue weighted by Crippen LogP contribution is -2.53. The minimum Gasteiger partial charge on any atom is -0.460 e. The lowest BCUT2D eigenvalue weighted by molar-refractivity contribution is -0.134. The molecule has 2 fully saturated rings. The molecule has 3 rings (SSSR count). The summed E-state index contributed by atoms with van der Waals surface area (Å²) in [6, 6.07) is 6.65. The Hall–Kier alpha value is -1.67. The van der Waals surface area contributed by atoms with Gasteiger partial charge in [-0.05, 0) is 43.8 Å². The van der Waals surface area contributed by atoms with Crippen LogP contribution in [0.1, 0.15) is 25.5 Å². The fourth-order valence-corrected chi connectivity index (χ4v) is 3.34. The molecule has 0 saturated carbocycles. The summed E-state index contributed by atoms with van der Waals surface area (Å²) in [7, 11) is 0. The van der Waals surface area contributed by atoms with Crippen LogP contribution in [0.25, 0.3) is 0 Å². The fourth-order valence-electron chi connectivity index (χ4n) is 2.70. The number of thiocarbonyl (C=S) groups is 1. The molecule has 1 N–H and O–H groups in total. The Bertz CT molecular complexity index is 694. The predicted molar refractivity (Wildman–Crippen MR) is 89.8 cm³/mol. The first-order chi connectivity index (χ1) is 10.8. The van der Waals surface area contributed by atoms with E-state index in [1.54, 1.807) is 13.8 Å². The zero-order chi connectivity index (χ0) is 16.8. The van der Waals surface area contributed by atoms with Crippen molar-refractivity contribution in [2.75, 3.05) is 6.61 Å². The summed E-state index contributed by atoms with van der Waals surface area (Å²) in [5.41, 5.74) is 0.0810. The number of amides is 2. The third kappa shape index (κ3) is 2.92. The van der Waals surface area contributed by atoms with Crippen molar-refractivity contribution in [1.82, 2.24) is 10.2 Å². The maximum absolute atomic E-state index is 12.9. The van der Waals surface area contributed by atoms with Gasteiger partial charge in [0.25, 0.3) is 11.1 Å². The second-order valence-electron chi connectivity index (χ2n) is 6.04. The van der Waals surface area contributed by atoms with Gasteiger partial charge in [0, 0.05) is 4.47 Å². The van der Waals surface area contributed by atoms with Crippen molar-refractivity contribution in [1.29, 1.82) is 0 Å². The van der Waals surface area contributed by atoms with E-state index >= 15 is 0 Å². The Balaban J connectivity index is 1.92. The van der Waals surface area contributed by atoms with Crippen LogP contribution in [0.3, 0.4) is 0 Å². The highest BCUT2D eigenvalue weighted by Crippen LogP contribution is 2.32. The van der Waals surface area contributed by atoms with Crippen molar-refractivity contribution in [3.63, 3.8) is 0 Å². The van der Waals surface area contributed by atoms with Crippen molar-refractivity contribution in [3.05, 3.63) is 34.3 Å². The van der Waals surface area contributed by atoms with Crippen LogP contribution >= 0.6 is 28.1 Å². The van der Waals surface area contributed by atoms with Crippen LogP contribution in [-0.2, 0) is 14.3 Å². The van der Waals surface area contributed by atoms with Gasteiger partial charge in [-0.25, -0.2) is 9.69 Å². The number of cyclic esters (lactones) is 1. The Morgan fingerprint density at radius 2 is 2.22 bits per heavy atom. The van der Waals surface area contributed by atoms with Gasteiger partial charge >= 0.3 is 6.09 Å². The number of nitrogens with one attached hydrogen (secondary N) is 1. The van der Waals surface area contributed by atoms with Crippen LogP contribution in [0.5, 0.6) is 0 Å². The van der Waals surface area contributed by atoms with Crippen LogP contribution in [-0.4, -0.2) is 40.3 Å². The van der Waals surface area contributed by atoms with E-state index < -0.39 is 29.7 Å². The third-order valence-electron chi connectivity index (χ3n) is 3.81. The van der Waals surface area contributed by atoms with Gasteiger partial charge in [-0.3, -0.25) is 4.79 Å². The first-order valence-electron chi connectivity index (χ1n) is 7.03. The van der Waals surface area contributed by atoms with Gasteiger partial charge in [-0.2, -0.15) is 0 Å². The van der Waals surface area contributed by atoms with Crippen molar-refractivity contribution in [3.8, 4) is 0 Å². The minimum atomic E-state index is -0.776. The van der Waals surface area contributed by atoms with Crippen molar-refractivity contribution in [2.24, 2.45) is 0 Å². The van der Waals surface area contributed by atoms with E-state index in [9.17, 15) is 9.59 Å². The number of imide groups is 1. The monoisotopic (exact) mass is 398 g/mol. The van der Waals surface area contributed by atoms with E-state index in [4.69, 9.17) is 21.7 Å². The number of ether oxygens (including phenoxy) is 2. The summed E-state index contributed by atoms with van der Waals surface area (Å²) in [5.74, 6) is -0.415. The summed E-state index contributed by atoms with van der Waals surface area (Å²) >= 11 is 8.45. The number of hydrogen-bond acceptors (Lipinski definition) is 5. The maximum Gasteiger partial charge on any atom is 0.417 e. The summed E-state index contributed by atoms with van der Waals surface area (Å²) in [4.78, 5) is 26.0. The number of carbonyl (C=O) groups is 2. The molecule has 0 aromatic heterocycles.